The van der Waals surface area contributed by atoms with Gasteiger partial charge in [0.2, 0.25) is 11.9 Å². The molecule has 3 fully saturated rings. The zero-order chi connectivity index (χ0) is 39.9. The second-order valence-corrected chi connectivity index (χ2v) is 15.6. The van der Waals surface area contributed by atoms with E-state index in [9.17, 15) is 14.4 Å². The normalized spacial score (nSPS) is 17.8. The molecular weight excluding hydrogens is 754 g/mol. The number of benzene rings is 1. The average molecular weight is 803 g/mol. The lowest BCUT2D eigenvalue weighted by Gasteiger charge is -2.44. The Balaban J connectivity index is 0.881. The summed E-state index contributed by atoms with van der Waals surface area (Å²) in [5, 5.41) is 16.3. The van der Waals surface area contributed by atoms with E-state index in [4.69, 9.17) is 21.1 Å². The van der Waals surface area contributed by atoms with Crippen molar-refractivity contribution in [3.8, 4) is 17.3 Å². The predicted molar refractivity (Wildman–Crippen MR) is 214 cm³/mol. The van der Waals surface area contributed by atoms with Gasteiger partial charge >= 0.3 is 0 Å². The Kier molecular flexibility index (Phi) is 13.1. The van der Waals surface area contributed by atoms with Crippen LogP contribution in [-0.2, 0) is 14.3 Å². The van der Waals surface area contributed by atoms with Gasteiger partial charge in [0.15, 0.2) is 5.82 Å². The van der Waals surface area contributed by atoms with Crippen molar-refractivity contribution in [3.63, 3.8) is 0 Å². The van der Waals surface area contributed by atoms with Gasteiger partial charge < -0.3 is 34.8 Å². The number of piperazine rings is 1. The monoisotopic (exact) mass is 802 g/mol. The van der Waals surface area contributed by atoms with Crippen LogP contribution < -0.4 is 15.5 Å². The summed E-state index contributed by atoms with van der Waals surface area (Å²) >= 11 is 6.69. The van der Waals surface area contributed by atoms with E-state index in [0.29, 0.717) is 79.9 Å². The summed E-state index contributed by atoms with van der Waals surface area (Å²) in [4.78, 5) is 37.1. The number of likely N-dealkylation sites (tertiary alicyclic amines) is 1. The number of nitriles is 1. The summed E-state index contributed by atoms with van der Waals surface area (Å²) in [6.07, 6.45) is 8.17. The molecule has 57 heavy (non-hydrogen) atoms. The van der Waals surface area contributed by atoms with Gasteiger partial charge in [-0.1, -0.05) is 11.6 Å². The number of piperidine rings is 2. The van der Waals surface area contributed by atoms with Crippen molar-refractivity contribution in [1.29, 1.82) is 5.26 Å². The molecule has 3 saturated heterocycles. The fraction of sp³-hybridized carbons (Fsp3) is 0.512. The zero-order valence-electron chi connectivity index (χ0n) is 32.5. The SMILES string of the molecule is Cc1nc2cc(F)c(-c3cnc(N4CCN(C(=O)COCCOCCN5CCC6(CCNCC6)CC5)CC4)nc3)nc2c(N[C@H](C)c2cc(C#N)ccc2F)c1Cl. The molecule has 7 rings (SSSR count). The second-order valence-electron chi connectivity index (χ2n) is 15.2. The van der Waals surface area contributed by atoms with E-state index in [1.54, 1.807) is 18.7 Å². The number of aromatic nitrogens is 4. The largest absolute Gasteiger partial charge is 0.378 e. The van der Waals surface area contributed by atoms with Crippen LogP contribution in [0.2, 0.25) is 5.02 Å². The van der Waals surface area contributed by atoms with Crippen LogP contribution in [0.15, 0.2) is 36.7 Å². The van der Waals surface area contributed by atoms with Gasteiger partial charge in [-0.25, -0.2) is 28.7 Å². The lowest BCUT2D eigenvalue weighted by molar-refractivity contribution is -0.137. The maximum atomic E-state index is 15.5. The van der Waals surface area contributed by atoms with Gasteiger partial charge in [-0.2, -0.15) is 5.26 Å². The number of hydrogen-bond donors (Lipinski definition) is 2. The van der Waals surface area contributed by atoms with Gasteiger partial charge in [-0.15, -0.1) is 0 Å². The Morgan fingerprint density at radius 1 is 0.982 bits per heavy atom. The number of pyridine rings is 2. The van der Waals surface area contributed by atoms with Crippen molar-refractivity contribution in [2.24, 2.45) is 5.41 Å². The number of rotatable bonds is 13. The van der Waals surface area contributed by atoms with E-state index in [-0.39, 0.29) is 39.8 Å². The first-order valence-electron chi connectivity index (χ1n) is 19.7. The van der Waals surface area contributed by atoms with E-state index >= 15 is 4.39 Å². The van der Waals surface area contributed by atoms with Crippen molar-refractivity contribution in [3.05, 3.63) is 70.1 Å². The fourth-order valence-electron chi connectivity index (χ4n) is 7.97. The summed E-state index contributed by atoms with van der Waals surface area (Å²) in [6, 6.07) is 6.80. The number of aryl methyl sites for hydroxylation is 1. The predicted octanol–water partition coefficient (Wildman–Crippen LogP) is 5.52. The van der Waals surface area contributed by atoms with Gasteiger partial charge in [0.05, 0.1) is 59.4 Å². The van der Waals surface area contributed by atoms with Gasteiger partial charge in [-0.05, 0) is 89.3 Å². The first-order chi connectivity index (χ1) is 27.6. The van der Waals surface area contributed by atoms with Crippen molar-refractivity contribution >= 4 is 40.2 Å². The molecule has 3 aromatic heterocycles. The quantitative estimate of drug-likeness (QED) is 0.164. The fourth-order valence-corrected chi connectivity index (χ4v) is 8.16. The van der Waals surface area contributed by atoms with Gasteiger partial charge in [0.25, 0.3) is 0 Å². The highest BCUT2D eigenvalue weighted by molar-refractivity contribution is 6.35. The van der Waals surface area contributed by atoms with Crippen LogP contribution in [0, 0.1) is 35.3 Å². The molecule has 0 radical (unpaired) electrons. The van der Waals surface area contributed by atoms with Crippen LogP contribution in [0.1, 0.15) is 55.5 Å². The Hall–Kier alpha value is -4.59. The van der Waals surface area contributed by atoms with Crippen molar-refractivity contribution in [1.82, 2.24) is 35.1 Å². The van der Waals surface area contributed by atoms with Crippen LogP contribution in [0.5, 0.6) is 0 Å². The Morgan fingerprint density at radius 3 is 2.42 bits per heavy atom. The molecule has 16 heteroatoms. The minimum atomic E-state index is -0.622. The second kappa shape index (κ2) is 18.3. The lowest BCUT2D eigenvalue weighted by Crippen LogP contribution is -2.50. The molecule has 0 bridgehead atoms. The summed E-state index contributed by atoms with van der Waals surface area (Å²) in [5.41, 5.74) is 2.80. The Labute approximate surface area is 336 Å². The topological polar surface area (TPSA) is 145 Å². The number of fused-ring (bicyclic) bond motifs is 1. The molecular formula is C41H49ClF2N10O3. The van der Waals surface area contributed by atoms with Gasteiger partial charge in [0.1, 0.15) is 23.6 Å². The third-order valence-corrected chi connectivity index (χ3v) is 12.0. The molecule has 13 nitrogen and oxygen atoms in total. The van der Waals surface area contributed by atoms with Crippen LogP contribution in [0.3, 0.4) is 0 Å². The minimum Gasteiger partial charge on any atom is -0.378 e. The number of ether oxygens (including phenoxy) is 2. The summed E-state index contributed by atoms with van der Waals surface area (Å²) < 4.78 is 41.8. The Bertz CT molecular complexity index is 2080. The highest BCUT2D eigenvalue weighted by atomic mass is 35.5. The lowest BCUT2D eigenvalue weighted by atomic mass is 9.71. The first-order valence-corrected chi connectivity index (χ1v) is 20.1. The third-order valence-electron chi connectivity index (χ3n) is 11.5. The minimum absolute atomic E-state index is 0.00239. The molecule has 0 saturated carbocycles. The van der Waals surface area contributed by atoms with Crippen LogP contribution >= 0.6 is 11.6 Å². The van der Waals surface area contributed by atoms with Crippen molar-refractivity contribution in [2.75, 3.05) is 95.5 Å². The standard InChI is InChI=1S/C41H49ClF2N10O3/c1-27(31-21-29(23-45)3-4-32(31)43)50-39-36(42)28(2)49-34-22-33(44)37(51-38(34)39)30-24-47-40(48-25-30)54-15-13-53(14-16-54)35(55)26-57-20-19-56-18-17-52-11-7-41(8-12-52)5-9-46-10-6-41/h3-4,21-22,24-25,27,46H,5-20,26H2,1-2H3,(H,49,50)/t27-/m1/s1. The van der Waals surface area contributed by atoms with Gasteiger partial charge in [0, 0.05) is 62.3 Å². The van der Waals surface area contributed by atoms with Gasteiger partial charge in [-0.3, -0.25) is 4.79 Å². The van der Waals surface area contributed by atoms with E-state index in [1.807, 2.05) is 11.0 Å². The van der Waals surface area contributed by atoms with Crippen LogP contribution in [0.4, 0.5) is 20.4 Å². The molecule has 1 amide bonds. The summed E-state index contributed by atoms with van der Waals surface area (Å²) in [7, 11) is 0. The number of amides is 1. The number of anilines is 2. The third kappa shape index (κ3) is 9.59. The number of carbonyl (C=O) groups excluding carboxylic acids is 1. The number of carbonyl (C=O) groups is 1. The summed E-state index contributed by atoms with van der Waals surface area (Å²) in [5.74, 6) is -0.727. The van der Waals surface area contributed by atoms with Crippen molar-refractivity contribution in [2.45, 2.75) is 45.6 Å². The van der Waals surface area contributed by atoms with Crippen LogP contribution in [0.25, 0.3) is 22.3 Å². The van der Waals surface area contributed by atoms with E-state index < -0.39 is 17.7 Å². The molecule has 1 aromatic carbocycles. The molecule has 3 aliphatic heterocycles. The Morgan fingerprint density at radius 2 is 1.70 bits per heavy atom. The average Bonchev–Trinajstić information content (AvgIpc) is 3.23. The van der Waals surface area contributed by atoms with E-state index in [0.717, 1.165) is 32.7 Å². The molecule has 1 spiro atoms. The van der Waals surface area contributed by atoms with Crippen LogP contribution in [-0.4, -0.2) is 121 Å². The molecule has 2 N–H and O–H groups in total. The number of hydrogen-bond acceptors (Lipinski definition) is 12. The summed E-state index contributed by atoms with van der Waals surface area (Å²) in [6.45, 7) is 12.5. The highest BCUT2D eigenvalue weighted by Crippen LogP contribution is 2.40. The first kappa shape index (κ1) is 40.6. The molecule has 0 aliphatic carbocycles. The van der Waals surface area contributed by atoms with E-state index in [2.05, 4.69) is 35.5 Å². The van der Waals surface area contributed by atoms with Crippen molar-refractivity contribution < 1.29 is 23.0 Å². The maximum absolute atomic E-state index is 15.5. The molecule has 6 heterocycles. The number of nitrogens with one attached hydrogen (secondary N) is 2. The molecule has 1 atom stereocenters. The van der Waals surface area contributed by atoms with E-state index in [1.165, 1.54) is 62.3 Å². The molecule has 0 unspecified atom stereocenters. The molecule has 302 valence electrons. The smallest absolute Gasteiger partial charge is 0.248 e. The highest BCUT2D eigenvalue weighted by Gasteiger charge is 2.35. The zero-order valence-corrected chi connectivity index (χ0v) is 33.3. The maximum Gasteiger partial charge on any atom is 0.248 e. The molecule has 3 aliphatic rings. The molecule has 4 aromatic rings. The number of nitrogens with zero attached hydrogens (tertiary/aromatic N) is 8. The number of halogens is 3.